The van der Waals surface area contributed by atoms with Crippen molar-refractivity contribution >= 4 is 29.5 Å². The first-order valence-electron chi connectivity index (χ1n) is 10.5. The lowest BCUT2D eigenvalue weighted by atomic mass is 9.89. The molecule has 2 aromatic rings. The third-order valence-corrected chi connectivity index (χ3v) is 5.86. The number of nitrogens with zero attached hydrogens (tertiary/aromatic N) is 2. The number of carbonyl (C=O) groups excluding carboxylic acids is 5. The molecule has 0 spiro atoms. The maximum atomic E-state index is 13.1. The molecule has 33 heavy (non-hydrogen) atoms. The summed E-state index contributed by atoms with van der Waals surface area (Å²) in [5.41, 5.74) is -0.0679. The van der Waals surface area contributed by atoms with Crippen LogP contribution in [0.15, 0.2) is 36.5 Å². The highest BCUT2D eigenvalue weighted by molar-refractivity contribution is 6.11. The number of ether oxygens (including phenoxy) is 1. The standard InChI is InChI=1S/C23H22N4O6/c1-3-33-15-6-7-17(24-11-15)20(30)26-19(29)13-4-5-14-12-27(21(31)16(14)10-13)23(2)9-8-18(28)25-22(23)32/h4-7,10-11H,3,8-9,12H2,1-2H3,(H,25,28,32)(H,26,29,30). The van der Waals surface area contributed by atoms with Crippen LogP contribution in [0.4, 0.5) is 0 Å². The molecule has 10 nitrogen and oxygen atoms in total. The molecule has 3 heterocycles. The maximum Gasteiger partial charge on any atom is 0.276 e. The van der Waals surface area contributed by atoms with E-state index in [1.54, 1.807) is 19.1 Å². The Hall–Kier alpha value is -4.08. The van der Waals surface area contributed by atoms with E-state index in [2.05, 4.69) is 15.6 Å². The lowest BCUT2D eigenvalue weighted by molar-refractivity contribution is -0.142. The zero-order valence-electron chi connectivity index (χ0n) is 18.1. The Morgan fingerprint density at radius 1 is 1.18 bits per heavy atom. The van der Waals surface area contributed by atoms with Crippen LogP contribution in [0.2, 0.25) is 0 Å². The number of aromatic nitrogens is 1. The van der Waals surface area contributed by atoms with Crippen molar-refractivity contribution in [2.45, 2.75) is 38.8 Å². The molecule has 0 saturated carbocycles. The molecule has 1 unspecified atom stereocenters. The molecule has 1 aromatic heterocycles. The quantitative estimate of drug-likeness (QED) is 0.654. The van der Waals surface area contributed by atoms with Gasteiger partial charge in [0.05, 0.1) is 12.8 Å². The van der Waals surface area contributed by atoms with Gasteiger partial charge < -0.3 is 9.64 Å². The lowest BCUT2D eigenvalue weighted by Gasteiger charge is -2.39. The normalized spacial score (nSPS) is 19.7. The lowest BCUT2D eigenvalue weighted by Crippen LogP contribution is -2.61. The summed E-state index contributed by atoms with van der Waals surface area (Å²) in [6.07, 6.45) is 1.74. The number of hydrogen-bond donors (Lipinski definition) is 2. The number of nitrogens with one attached hydrogen (secondary N) is 2. The molecule has 1 fully saturated rings. The van der Waals surface area contributed by atoms with Gasteiger partial charge in [0.15, 0.2) is 0 Å². The van der Waals surface area contributed by atoms with Gasteiger partial charge in [0.1, 0.15) is 17.0 Å². The van der Waals surface area contributed by atoms with E-state index < -0.39 is 29.2 Å². The summed E-state index contributed by atoms with van der Waals surface area (Å²) in [5, 5.41) is 4.54. The van der Waals surface area contributed by atoms with Gasteiger partial charge in [0, 0.05) is 24.1 Å². The number of rotatable bonds is 5. The molecule has 5 amide bonds. The van der Waals surface area contributed by atoms with Crippen molar-refractivity contribution in [3.63, 3.8) is 0 Å². The SMILES string of the molecule is CCOc1ccc(C(=O)NC(=O)c2ccc3c(c2)C(=O)N(C2(C)CCC(=O)NC2=O)C3)nc1. The van der Waals surface area contributed by atoms with Gasteiger partial charge in [-0.25, -0.2) is 4.98 Å². The molecule has 2 N–H and O–H groups in total. The second-order valence-corrected chi connectivity index (χ2v) is 8.01. The predicted octanol–water partition coefficient (Wildman–Crippen LogP) is 1.20. The van der Waals surface area contributed by atoms with E-state index in [-0.39, 0.29) is 42.1 Å². The van der Waals surface area contributed by atoms with Gasteiger partial charge in [-0.15, -0.1) is 0 Å². The second kappa shape index (κ2) is 8.45. The summed E-state index contributed by atoms with van der Waals surface area (Å²) < 4.78 is 5.28. The van der Waals surface area contributed by atoms with Crippen LogP contribution in [0.1, 0.15) is 63.5 Å². The van der Waals surface area contributed by atoms with Crippen LogP contribution in [-0.2, 0) is 16.1 Å². The first-order chi connectivity index (χ1) is 15.7. The molecule has 4 rings (SSSR count). The van der Waals surface area contributed by atoms with Gasteiger partial charge in [-0.1, -0.05) is 6.07 Å². The number of piperidine rings is 1. The zero-order chi connectivity index (χ0) is 23.8. The molecule has 1 saturated heterocycles. The third kappa shape index (κ3) is 4.07. The van der Waals surface area contributed by atoms with Gasteiger partial charge in [-0.05, 0) is 50.1 Å². The van der Waals surface area contributed by atoms with E-state index >= 15 is 0 Å². The van der Waals surface area contributed by atoms with Crippen LogP contribution < -0.4 is 15.4 Å². The molecule has 0 radical (unpaired) electrons. The van der Waals surface area contributed by atoms with E-state index in [1.807, 2.05) is 6.92 Å². The van der Waals surface area contributed by atoms with Crippen LogP contribution in [0.25, 0.3) is 0 Å². The minimum Gasteiger partial charge on any atom is -0.492 e. The van der Waals surface area contributed by atoms with Crippen molar-refractivity contribution in [3.8, 4) is 5.75 Å². The topological polar surface area (TPSA) is 135 Å². The van der Waals surface area contributed by atoms with E-state index in [0.717, 1.165) is 0 Å². The Labute approximate surface area is 189 Å². The summed E-state index contributed by atoms with van der Waals surface area (Å²) in [5.74, 6) is -2.17. The van der Waals surface area contributed by atoms with Crippen molar-refractivity contribution in [1.29, 1.82) is 0 Å². The highest BCUT2D eigenvalue weighted by Gasteiger charge is 2.48. The molecular weight excluding hydrogens is 428 g/mol. The van der Waals surface area contributed by atoms with Crippen LogP contribution >= 0.6 is 0 Å². The number of hydrogen-bond acceptors (Lipinski definition) is 7. The van der Waals surface area contributed by atoms with E-state index in [1.165, 1.54) is 29.3 Å². The summed E-state index contributed by atoms with van der Waals surface area (Å²) in [7, 11) is 0. The highest BCUT2D eigenvalue weighted by Crippen LogP contribution is 2.34. The Morgan fingerprint density at radius 3 is 2.64 bits per heavy atom. The van der Waals surface area contributed by atoms with E-state index in [4.69, 9.17) is 4.74 Å². The Balaban J connectivity index is 1.49. The second-order valence-electron chi connectivity index (χ2n) is 8.01. The number of fused-ring (bicyclic) bond motifs is 1. The average Bonchev–Trinajstić information content (AvgIpc) is 3.13. The van der Waals surface area contributed by atoms with Crippen molar-refractivity contribution in [2.24, 2.45) is 0 Å². The summed E-state index contributed by atoms with van der Waals surface area (Å²) >= 11 is 0. The van der Waals surface area contributed by atoms with E-state index in [0.29, 0.717) is 17.9 Å². The molecule has 2 aliphatic heterocycles. The zero-order valence-corrected chi connectivity index (χ0v) is 18.1. The van der Waals surface area contributed by atoms with Crippen molar-refractivity contribution in [2.75, 3.05) is 6.61 Å². The fourth-order valence-corrected chi connectivity index (χ4v) is 3.90. The fraction of sp³-hybridized carbons (Fsp3) is 0.304. The molecule has 1 aromatic carbocycles. The van der Waals surface area contributed by atoms with Gasteiger partial charge in [-0.3, -0.25) is 34.6 Å². The maximum absolute atomic E-state index is 13.1. The monoisotopic (exact) mass is 450 g/mol. The predicted molar refractivity (Wildman–Crippen MR) is 114 cm³/mol. The van der Waals surface area contributed by atoms with Crippen LogP contribution in [0.3, 0.4) is 0 Å². The molecular formula is C23H22N4O6. The molecule has 2 aliphatic rings. The van der Waals surface area contributed by atoms with Gasteiger partial charge >= 0.3 is 0 Å². The number of benzene rings is 1. The minimum absolute atomic E-state index is 0.0426. The fourth-order valence-electron chi connectivity index (χ4n) is 3.90. The molecule has 0 bridgehead atoms. The van der Waals surface area contributed by atoms with Crippen molar-refractivity contribution in [3.05, 3.63) is 58.9 Å². The average molecular weight is 450 g/mol. The van der Waals surface area contributed by atoms with Crippen molar-refractivity contribution in [1.82, 2.24) is 20.5 Å². The smallest absolute Gasteiger partial charge is 0.276 e. The number of carbonyl (C=O) groups is 5. The minimum atomic E-state index is -1.16. The first-order valence-corrected chi connectivity index (χ1v) is 10.5. The van der Waals surface area contributed by atoms with Crippen LogP contribution in [-0.4, -0.2) is 51.6 Å². The summed E-state index contributed by atoms with van der Waals surface area (Å²) in [4.78, 5) is 67.4. The molecule has 1 atom stereocenters. The Kier molecular flexibility index (Phi) is 5.67. The van der Waals surface area contributed by atoms with Gasteiger partial charge in [0.25, 0.3) is 23.6 Å². The van der Waals surface area contributed by atoms with E-state index in [9.17, 15) is 24.0 Å². The van der Waals surface area contributed by atoms with Crippen LogP contribution in [0, 0.1) is 0 Å². The first kappa shape index (κ1) is 22.1. The Morgan fingerprint density at radius 2 is 1.97 bits per heavy atom. The summed E-state index contributed by atoms with van der Waals surface area (Å²) in [6, 6.07) is 7.56. The number of imide groups is 2. The number of amides is 5. The largest absolute Gasteiger partial charge is 0.492 e. The molecule has 170 valence electrons. The third-order valence-electron chi connectivity index (χ3n) is 5.86. The molecule has 10 heteroatoms. The Bertz CT molecular complexity index is 1180. The summed E-state index contributed by atoms with van der Waals surface area (Å²) in [6.45, 7) is 4.09. The van der Waals surface area contributed by atoms with Gasteiger partial charge in [-0.2, -0.15) is 0 Å². The van der Waals surface area contributed by atoms with Gasteiger partial charge in [0.2, 0.25) is 5.91 Å². The van der Waals surface area contributed by atoms with Crippen LogP contribution in [0.5, 0.6) is 5.75 Å². The number of pyridine rings is 1. The molecule has 0 aliphatic carbocycles. The highest BCUT2D eigenvalue weighted by atomic mass is 16.5. The van der Waals surface area contributed by atoms with Crippen molar-refractivity contribution < 1.29 is 28.7 Å².